The predicted molar refractivity (Wildman–Crippen MR) is 55.9 cm³/mol. The highest BCUT2D eigenvalue weighted by molar-refractivity contribution is 6.18. The van der Waals surface area contributed by atoms with E-state index in [1.165, 1.54) is 0 Å². The summed E-state index contributed by atoms with van der Waals surface area (Å²) in [6, 6.07) is 0. The molecule has 12 heavy (non-hydrogen) atoms. The second-order valence-electron chi connectivity index (χ2n) is 3.82. The minimum Gasteiger partial charge on any atom is -0.308 e. The summed E-state index contributed by atoms with van der Waals surface area (Å²) in [6.45, 7) is 5.51. The number of halogens is 1. The molecule has 0 aromatic carbocycles. The average Bonchev–Trinajstić information content (AvgIpc) is 2.00. The van der Waals surface area contributed by atoms with Gasteiger partial charge in [0, 0.05) is 25.5 Å². The molecular weight excluding hydrogens is 172 g/mol. The lowest BCUT2D eigenvalue weighted by molar-refractivity contribution is 0.260. The molecule has 3 heteroatoms. The number of hydrogen-bond donors (Lipinski definition) is 0. The summed E-state index contributed by atoms with van der Waals surface area (Å²) in [5, 5.41) is 0. The Balaban J connectivity index is 3.39. The monoisotopic (exact) mass is 192 g/mol. The van der Waals surface area contributed by atoms with Gasteiger partial charge in [-0.25, -0.2) is 0 Å². The number of hydrogen-bond acceptors (Lipinski definition) is 2. The van der Waals surface area contributed by atoms with E-state index in [4.69, 9.17) is 11.6 Å². The molecule has 0 N–H and O–H groups in total. The van der Waals surface area contributed by atoms with Gasteiger partial charge in [0.15, 0.2) is 0 Å². The lowest BCUT2D eigenvalue weighted by Gasteiger charge is -2.21. The van der Waals surface area contributed by atoms with Crippen LogP contribution in [0.3, 0.4) is 0 Å². The van der Waals surface area contributed by atoms with Crippen molar-refractivity contribution >= 4 is 11.6 Å². The topological polar surface area (TPSA) is 6.48 Å². The molecule has 0 radical (unpaired) electrons. The molecule has 0 saturated heterocycles. The number of nitrogens with zero attached hydrogens (tertiary/aromatic N) is 2. The van der Waals surface area contributed by atoms with Crippen LogP contribution >= 0.6 is 11.6 Å². The second kappa shape index (κ2) is 6.70. The molecule has 1 atom stereocenters. The number of alkyl halides is 1. The van der Waals surface area contributed by atoms with Crippen LogP contribution in [0.25, 0.3) is 0 Å². The van der Waals surface area contributed by atoms with Crippen molar-refractivity contribution in [3.63, 3.8) is 0 Å². The fourth-order valence-corrected chi connectivity index (χ4v) is 1.14. The lowest BCUT2D eigenvalue weighted by atomic mass is 10.2. The molecule has 2 nitrogen and oxygen atoms in total. The molecule has 0 saturated carbocycles. The normalized spacial score (nSPS) is 14.2. The third-order valence-electron chi connectivity index (χ3n) is 1.82. The first-order valence-corrected chi connectivity index (χ1v) is 4.99. The Hall–Kier alpha value is 0.210. The Labute approximate surface area is 81.5 Å². The van der Waals surface area contributed by atoms with E-state index in [-0.39, 0.29) is 0 Å². The third-order valence-corrected chi connectivity index (χ3v) is 2.34. The molecule has 0 aliphatic carbocycles. The zero-order chi connectivity index (χ0) is 9.56. The first kappa shape index (κ1) is 12.2. The van der Waals surface area contributed by atoms with E-state index >= 15 is 0 Å². The standard InChI is InChI=1S/C9H21ClN2/c1-9(7-10)8-12(4)6-5-11(2)3/h9H,5-8H2,1-4H3. The van der Waals surface area contributed by atoms with Crippen molar-refractivity contribution in [2.24, 2.45) is 5.92 Å². The summed E-state index contributed by atoms with van der Waals surface area (Å²) in [6.07, 6.45) is 0. The van der Waals surface area contributed by atoms with Gasteiger partial charge >= 0.3 is 0 Å². The van der Waals surface area contributed by atoms with Crippen LogP contribution in [0.2, 0.25) is 0 Å². The smallest absolute Gasteiger partial charge is 0.0261 e. The Morgan fingerprint density at radius 3 is 2.17 bits per heavy atom. The van der Waals surface area contributed by atoms with E-state index < -0.39 is 0 Å². The van der Waals surface area contributed by atoms with Gasteiger partial charge in [-0.3, -0.25) is 0 Å². The molecule has 0 rings (SSSR count). The summed E-state index contributed by atoms with van der Waals surface area (Å²) >= 11 is 5.72. The van der Waals surface area contributed by atoms with Crippen LogP contribution in [-0.2, 0) is 0 Å². The molecular formula is C9H21ClN2. The van der Waals surface area contributed by atoms with Gasteiger partial charge in [-0.1, -0.05) is 6.92 Å². The maximum Gasteiger partial charge on any atom is 0.0261 e. The molecule has 74 valence electrons. The van der Waals surface area contributed by atoms with Gasteiger partial charge in [0.05, 0.1) is 0 Å². The van der Waals surface area contributed by atoms with Crippen LogP contribution in [-0.4, -0.2) is 56.5 Å². The maximum absolute atomic E-state index is 5.72. The van der Waals surface area contributed by atoms with Gasteiger partial charge in [0.2, 0.25) is 0 Å². The lowest BCUT2D eigenvalue weighted by Crippen LogP contribution is -2.32. The molecule has 0 aromatic heterocycles. The van der Waals surface area contributed by atoms with Crippen LogP contribution in [0.5, 0.6) is 0 Å². The van der Waals surface area contributed by atoms with Crippen LogP contribution in [0.15, 0.2) is 0 Å². The maximum atomic E-state index is 5.72. The highest BCUT2D eigenvalue weighted by Gasteiger charge is 2.04. The predicted octanol–water partition coefficient (Wildman–Crippen LogP) is 1.35. The quantitative estimate of drug-likeness (QED) is 0.587. The van der Waals surface area contributed by atoms with E-state index in [1.54, 1.807) is 0 Å². The molecule has 0 amide bonds. The molecule has 0 bridgehead atoms. The van der Waals surface area contributed by atoms with Crippen LogP contribution < -0.4 is 0 Å². The van der Waals surface area contributed by atoms with E-state index in [9.17, 15) is 0 Å². The van der Waals surface area contributed by atoms with Gasteiger partial charge in [-0.2, -0.15) is 0 Å². The summed E-state index contributed by atoms with van der Waals surface area (Å²) in [5.41, 5.74) is 0. The average molecular weight is 193 g/mol. The second-order valence-corrected chi connectivity index (χ2v) is 4.13. The zero-order valence-corrected chi connectivity index (χ0v) is 9.43. The Bertz CT molecular complexity index is 107. The molecule has 0 fully saturated rings. The van der Waals surface area contributed by atoms with Crippen molar-refractivity contribution in [2.45, 2.75) is 6.92 Å². The van der Waals surface area contributed by atoms with Crippen LogP contribution in [0.4, 0.5) is 0 Å². The molecule has 0 spiro atoms. The van der Waals surface area contributed by atoms with E-state index in [0.717, 1.165) is 25.5 Å². The zero-order valence-electron chi connectivity index (χ0n) is 8.68. The molecule has 0 aromatic rings. The fraction of sp³-hybridized carbons (Fsp3) is 1.00. The summed E-state index contributed by atoms with van der Waals surface area (Å²) in [5.74, 6) is 1.35. The first-order valence-electron chi connectivity index (χ1n) is 4.45. The van der Waals surface area contributed by atoms with Crippen molar-refractivity contribution in [1.29, 1.82) is 0 Å². The first-order chi connectivity index (χ1) is 5.56. The van der Waals surface area contributed by atoms with E-state index in [1.807, 2.05) is 0 Å². The number of rotatable bonds is 6. The summed E-state index contributed by atoms with van der Waals surface area (Å²) < 4.78 is 0. The SMILES string of the molecule is CC(CCl)CN(C)CCN(C)C. The van der Waals surface area contributed by atoms with Crippen molar-refractivity contribution in [3.05, 3.63) is 0 Å². The van der Waals surface area contributed by atoms with E-state index in [0.29, 0.717) is 5.92 Å². The Kier molecular flexibility index (Phi) is 6.81. The van der Waals surface area contributed by atoms with Crippen molar-refractivity contribution in [1.82, 2.24) is 9.80 Å². The minimum absolute atomic E-state index is 0.596. The van der Waals surface area contributed by atoms with Gasteiger partial charge in [-0.15, -0.1) is 11.6 Å². The summed E-state index contributed by atoms with van der Waals surface area (Å²) in [7, 11) is 6.34. The molecule has 1 unspecified atom stereocenters. The molecule has 0 heterocycles. The van der Waals surface area contributed by atoms with Crippen LogP contribution in [0, 0.1) is 5.92 Å². The van der Waals surface area contributed by atoms with Crippen molar-refractivity contribution < 1.29 is 0 Å². The summed E-state index contributed by atoms with van der Waals surface area (Å²) in [4.78, 5) is 4.52. The van der Waals surface area contributed by atoms with Gasteiger partial charge in [0.25, 0.3) is 0 Å². The van der Waals surface area contributed by atoms with Gasteiger partial charge in [-0.05, 0) is 27.1 Å². The Morgan fingerprint density at radius 2 is 1.75 bits per heavy atom. The third kappa shape index (κ3) is 6.89. The fourth-order valence-electron chi connectivity index (χ4n) is 1.04. The molecule has 0 aliphatic heterocycles. The largest absolute Gasteiger partial charge is 0.308 e. The van der Waals surface area contributed by atoms with Crippen LogP contribution in [0.1, 0.15) is 6.92 Å². The van der Waals surface area contributed by atoms with E-state index in [2.05, 4.69) is 37.9 Å². The highest BCUT2D eigenvalue weighted by atomic mass is 35.5. The minimum atomic E-state index is 0.596. The Morgan fingerprint density at radius 1 is 1.17 bits per heavy atom. The van der Waals surface area contributed by atoms with Gasteiger partial charge < -0.3 is 9.80 Å². The molecule has 0 aliphatic rings. The number of likely N-dealkylation sites (N-methyl/N-ethyl adjacent to an activating group) is 2. The van der Waals surface area contributed by atoms with Crippen molar-refractivity contribution in [2.75, 3.05) is 46.7 Å². The van der Waals surface area contributed by atoms with Gasteiger partial charge in [0.1, 0.15) is 0 Å². The van der Waals surface area contributed by atoms with Crippen molar-refractivity contribution in [3.8, 4) is 0 Å². The highest BCUT2D eigenvalue weighted by Crippen LogP contribution is 1.99.